The Bertz CT molecular complexity index is 894. The number of amides is 1. The number of rotatable bonds is 5. The Hall–Kier alpha value is -2.72. The first-order chi connectivity index (χ1) is 12.1. The number of aromatic nitrogens is 1. The molecule has 0 atom stereocenters. The van der Waals surface area contributed by atoms with Gasteiger partial charge in [-0.05, 0) is 31.1 Å². The topological polar surface area (TPSA) is 42.0 Å². The van der Waals surface area contributed by atoms with Crippen LogP contribution in [-0.2, 0) is 11.2 Å². The van der Waals surface area contributed by atoms with Gasteiger partial charge in [0.15, 0.2) is 5.13 Å². The standard InChI is InChI=1S/C21H20N2OS/c1-15-6-8-17(9-7-15)10-11-20(24)23-21-22-14-19(25-21)13-18-5-3-4-16(2)12-18/h3-12,14H,13H2,1-2H3,(H,22,23,24)/b11-10+. The van der Waals surface area contributed by atoms with Gasteiger partial charge < -0.3 is 0 Å². The predicted octanol–water partition coefficient (Wildman–Crippen LogP) is 5.00. The van der Waals surface area contributed by atoms with E-state index in [0.717, 1.165) is 16.9 Å². The monoisotopic (exact) mass is 348 g/mol. The van der Waals surface area contributed by atoms with Gasteiger partial charge in [-0.15, -0.1) is 11.3 Å². The molecule has 4 heteroatoms. The van der Waals surface area contributed by atoms with E-state index in [0.29, 0.717) is 5.13 Å². The number of hydrogen-bond donors (Lipinski definition) is 1. The molecule has 0 saturated carbocycles. The SMILES string of the molecule is Cc1ccc(/C=C/C(=O)Nc2ncc(Cc3cccc(C)c3)s2)cc1. The van der Waals surface area contributed by atoms with E-state index in [1.165, 1.54) is 34.1 Å². The molecule has 0 fully saturated rings. The maximum Gasteiger partial charge on any atom is 0.250 e. The van der Waals surface area contributed by atoms with Crippen molar-refractivity contribution in [2.24, 2.45) is 0 Å². The minimum Gasteiger partial charge on any atom is -0.298 e. The van der Waals surface area contributed by atoms with Gasteiger partial charge in [0, 0.05) is 23.6 Å². The van der Waals surface area contributed by atoms with Crippen LogP contribution in [0.25, 0.3) is 6.08 Å². The molecule has 0 aliphatic rings. The van der Waals surface area contributed by atoms with Gasteiger partial charge in [-0.25, -0.2) is 4.98 Å². The number of anilines is 1. The Morgan fingerprint density at radius 3 is 2.68 bits per heavy atom. The lowest BCUT2D eigenvalue weighted by Crippen LogP contribution is -2.07. The lowest BCUT2D eigenvalue weighted by molar-refractivity contribution is -0.111. The Balaban J connectivity index is 1.59. The summed E-state index contributed by atoms with van der Waals surface area (Å²) in [5.74, 6) is -0.169. The Morgan fingerprint density at radius 2 is 1.92 bits per heavy atom. The fraction of sp³-hybridized carbons (Fsp3) is 0.143. The predicted molar refractivity (Wildman–Crippen MR) is 105 cm³/mol. The molecule has 0 radical (unpaired) electrons. The summed E-state index contributed by atoms with van der Waals surface area (Å²) in [5, 5.41) is 3.45. The van der Waals surface area contributed by atoms with Crippen LogP contribution < -0.4 is 5.32 Å². The molecule has 0 saturated heterocycles. The maximum absolute atomic E-state index is 12.0. The lowest BCUT2D eigenvalue weighted by atomic mass is 10.1. The average Bonchev–Trinajstić information content (AvgIpc) is 3.01. The largest absolute Gasteiger partial charge is 0.298 e. The highest BCUT2D eigenvalue weighted by atomic mass is 32.1. The second-order valence-corrected chi connectivity index (χ2v) is 7.15. The Labute approximate surface area is 152 Å². The molecular formula is C21H20N2OS. The van der Waals surface area contributed by atoms with Crippen LogP contribution in [0.3, 0.4) is 0 Å². The molecule has 1 heterocycles. The fourth-order valence-corrected chi connectivity index (χ4v) is 3.32. The first-order valence-electron chi connectivity index (χ1n) is 8.14. The van der Waals surface area contributed by atoms with Crippen LogP contribution in [0.1, 0.15) is 27.1 Å². The molecule has 3 nitrogen and oxygen atoms in total. The van der Waals surface area contributed by atoms with Gasteiger partial charge in [0.2, 0.25) is 5.91 Å². The number of carbonyl (C=O) groups excluding carboxylic acids is 1. The van der Waals surface area contributed by atoms with Crippen molar-refractivity contribution < 1.29 is 4.79 Å². The number of carbonyl (C=O) groups is 1. The summed E-state index contributed by atoms with van der Waals surface area (Å²) in [6.45, 7) is 4.12. The fourth-order valence-electron chi connectivity index (χ4n) is 2.47. The molecule has 0 aliphatic carbocycles. The molecule has 0 unspecified atom stereocenters. The Kier molecular flexibility index (Phi) is 5.41. The van der Waals surface area contributed by atoms with Crippen molar-refractivity contribution in [3.63, 3.8) is 0 Å². The molecule has 3 rings (SSSR count). The van der Waals surface area contributed by atoms with Crippen molar-refractivity contribution in [1.82, 2.24) is 4.98 Å². The third-order valence-electron chi connectivity index (χ3n) is 3.75. The van der Waals surface area contributed by atoms with E-state index >= 15 is 0 Å². The van der Waals surface area contributed by atoms with Crippen molar-refractivity contribution in [2.75, 3.05) is 5.32 Å². The zero-order valence-electron chi connectivity index (χ0n) is 14.3. The first-order valence-corrected chi connectivity index (χ1v) is 8.96. The number of benzene rings is 2. The number of hydrogen-bond acceptors (Lipinski definition) is 3. The maximum atomic E-state index is 12.0. The van der Waals surface area contributed by atoms with Crippen LogP contribution in [0.4, 0.5) is 5.13 Å². The molecule has 2 aromatic carbocycles. The average molecular weight is 348 g/mol. The third kappa shape index (κ3) is 5.13. The molecule has 1 N–H and O–H groups in total. The molecule has 3 aromatic rings. The minimum atomic E-state index is -0.169. The Morgan fingerprint density at radius 1 is 1.12 bits per heavy atom. The molecule has 0 aliphatic heterocycles. The van der Waals surface area contributed by atoms with Crippen LogP contribution in [0.15, 0.2) is 60.8 Å². The highest BCUT2D eigenvalue weighted by Gasteiger charge is 2.05. The normalized spacial score (nSPS) is 11.0. The van der Waals surface area contributed by atoms with E-state index in [4.69, 9.17) is 0 Å². The summed E-state index contributed by atoms with van der Waals surface area (Å²) in [7, 11) is 0. The van der Waals surface area contributed by atoms with E-state index in [-0.39, 0.29) is 5.91 Å². The van der Waals surface area contributed by atoms with Crippen molar-refractivity contribution in [3.8, 4) is 0 Å². The van der Waals surface area contributed by atoms with E-state index in [1.54, 1.807) is 6.08 Å². The molecule has 0 bridgehead atoms. The van der Waals surface area contributed by atoms with Gasteiger partial charge >= 0.3 is 0 Å². The van der Waals surface area contributed by atoms with Crippen molar-refractivity contribution in [3.05, 3.63) is 87.9 Å². The van der Waals surface area contributed by atoms with Gasteiger partial charge in [-0.2, -0.15) is 0 Å². The van der Waals surface area contributed by atoms with Crippen LogP contribution in [0.2, 0.25) is 0 Å². The second kappa shape index (κ2) is 7.90. The highest BCUT2D eigenvalue weighted by Crippen LogP contribution is 2.21. The van der Waals surface area contributed by atoms with Gasteiger partial charge in [0.1, 0.15) is 0 Å². The third-order valence-corrected chi connectivity index (χ3v) is 4.66. The van der Waals surface area contributed by atoms with E-state index in [1.807, 2.05) is 37.4 Å². The zero-order valence-corrected chi connectivity index (χ0v) is 15.1. The van der Waals surface area contributed by atoms with E-state index < -0.39 is 0 Å². The molecule has 25 heavy (non-hydrogen) atoms. The summed E-state index contributed by atoms with van der Waals surface area (Å²) in [6.07, 6.45) is 5.99. The quantitative estimate of drug-likeness (QED) is 0.659. The molecule has 0 spiro atoms. The van der Waals surface area contributed by atoms with Crippen LogP contribution in [-0.4, -0.2) is 10.9 Å². The number of nitrogens with one attached hydrogen (secondary N) is 1. The molecular weight excluding hydrogens is 328 g/mol. The van der Waals surface area contributed by atoms with Gasteiger partial charge in [0.05, 0.1) is 0 Å². The number of aryl methyl sites for hydroxylation is 2. The first kappa shape index (κ1) is 17.1. The van der Waals surface area contributed by atoms with E-state index in [2.05, 4.69) is 41.5 Å². The summed E-state index contributed by atoms with van der Waals surface area (Å²) < 4.78 is 0. The summed E-state index contributed by atoms with van der Waals surface area (Å²) >= 11 is 1.51. The van der Waals surface area contributed by atoms with Crippen LogP contribution >= 0.6 is 11.3 Å². The minimum absolute atomic E-state index is 0.169. The summed E-state index contributed by atoms with van der Waals surface area (Å²) in [4.78, 5) is 17.5. The molecule has 1 aromatic heterocycles. The molecule has 1 amide bonds. The van der Waals surface area contributed by atoms with Gasteiger partial charge in [-0.3, -0.25) is 10.1 Å². The number of nitrogens with zero attached hydrogens (tertiary/aromatic N) is 1. The van der Waals surface area contributed by atoms with E-state index in [9.17, 15) is 4.79 Å². The van der Waals surface area contributed by atoms with Gasteiger partial charge in [-0.1, -0.05) is 59.7 Å². The lowest BCUT2D eigenvalue weighted by Gasteiger charge is -1.99. The number of thiazole rings is 1. The molecule has 126 valence electrons. The summed E-state index contributed by atoms with van der Waals surface area (Å²) in [6, 6.07) is 16.4. The van der Waals surface area contributed by atoms with Crippen LogP contribution in [0, 0.1) is 13.8 Å². The smallest absolute Gasteiger partial charge is 0.250 e. The van der Waals surface area contributed by atoms with Crippen LogP contribution in [0.5, 0.6) is 0 Å². The van der Waals surface area contributed by atoms with Crippen molar-refractivity contribution in [1.29, 1.82) is 0 Å². The van der Waals surface area contributed by atoms with Crippen molar-refractivity contribution >= 4 is 28.5 Å². The van der Waals surface area contributed by atoms with Crippen molar-refractivity contribution in [2.45, 2.75) is 20.3 Å². The van der Waals surface area contributed by atoms with Gasteiger partial charge in [0.25, 0.3) is 0 Å². The second-order valence-electron chi connectivity index (χ2n) is 6.03. The zero-order chi connectivity index (χ0) is 17.6. The summed E-state index contributed by atoms with van der Waals surface area (Å²) in [5.41, 5.74) is 4.70. The highest BCUT2D eigenvalue weighted by molar-refractivity contribution is 7.15.